The SMILES string of the molecule is Cn1nc(Cl)cc(Nc2ccc(C(=O)N3CCOCC3)cn2)c1=O.Nc1ccc(C(=O)N2CCOCC2)cn1. The number of anilines is 3. The van der Waals surface area contributed by atoms with E-state index in [1.165, 1.54) is 25.5 Å². The van der Waals surface area contributed by atoms with Crippen molar-refractivity contribution in [3.63, 3.8) is 0 Å². The largest absolute Gasteiger partial charge is 0.384 e. The zero-order chi connectivity index (χ0) is 27.8. The van der Waals surface area contributed by atoms with Crippen molar-refractivity contribution in [1.82, 2.24) is 29.5 Å². The number of nitrogens with two attached hydrogens (primary N) is 1. The summed E-state index contributed by atoms with van der Waals surface area (Å²) in [7, 11) is 1.51. The lowest BCUT2D eigenvalue weighted by molar-refractivity contribution is 0.0301. The highest BCUT2D eigenvalue weighted by atomic mass is 35.5. The fraction of sp³-hybridized carbons (Fsp3) is 0.360. The summed E-state index contributed by atoms with van der Waals surface area (Å²) in [6.07, 6.45) is 2.99. The summed E-state index contributed by atoms with van der Waals surface area (Å²) in [4.78, 5) is 47.8. The lowest BCUT2D eigenvalue weighted by Gasteiger charge is -2.26. The monoisotopic (exact) mass is 556 g/mol. The molecule has 0 aliphatic carbocycles. The molecule has 2 amide bonds. The molecule has 206 valence electrons. The van der Waals surface area contributed by atoms with Crippen LogP contribution in [0.3, 0.4) is 0 Å². The number of nitrogens with zero attached hydrogens (tertiary/aromatic N) is 6. The van der Waals surface area contributed by atoms with Crippen LogP contribution in [0.2, 0.25) is 5.15 Å². The molecule has 0 radical (unpaired) electrons. The third-order valence-corrected chi connectivity index (χ3v) is 6.12. The van der Waals surface area contributed by atoms with E-state index in [4.69, 9.17) is 26.8 Å². The zero-order valence-electron chi connectivity index (χ0n) is 21.4. The summed E-state index contributed by atoms with van der Waals surface area (Å²) < 4.78 is 11.5. The summed E-state index contributed by atoms with van der Waals surface area (Å²) in [5.41, 5.74) is 6.45. The Morgan fingerprint density at radius 1 is 0.897 bits per heavy atom. The van der Waals surface area contributed by atoms with Gasteiger partial charge in [-0.3, -0.25) is 14.4 Å². The Labute approximate surface area is 229 Å². The zero-order valence-corrected chi connectivity index (χ0v) is 22.1. The van der Waals surface area contributed by atoms with Crippen molar-refractivity contribution < 1.29 is 19.1 Å². The second kappa shape index (κ2) is 13.1. The van der Waals surface area contributed by atoms with Crippen molar-refractivity contribution in [1.29, 1.82) is 0 Å². The molecule has 5 heterocycles. The van der Waals surface area contributed by atoms with Gasteiger partial charge in [0, 0.05) is 51.7 Å². The summed E-state index contributed by atoms with van der Waals surface area (Å²) >= 11 is 5.85. The molecule has 3 aromatic rings. The van der Waals surface area contributed by atoms with Gasteiger partial charge in [-0.05, 0) is 24.3 Å². The van der Waals surface area contributed by atoms with Crippen molar-refractivity contribution in [3.05, 3.63) is 69.4 Å². The Morgan fingerprint density at radius 2 is 1.44 bits per heavy atom. The Balaban J connectivity index is 0.000000202. The van der Waals surface area contributed by atoms with Crippen LogP contribution >= 0.6 is 11.6 Å². The van der Waals surface area contributed by atoms with Gasteiger partial charge < -0.3 is 30.3 Å². The molecular weight excluding hydrogens is 528 g/mol. The van der Waals surface area contributed by atoms with Gasteiger partial charge >= 0.3 is 0 Å². The predicted molar refractivity (Wildman–Crippen MR) is 144 cm³/mol. The highest BCUT2D eigenvalue weighted by molar-refractivity contribution is 6.29. The van der Waals surface area contributed by atoms with Gasteiger partial charge in [-0.1, -0.05) is 11.6 Å². The first-order valence-corrected chi connectivity index (χ1v) is 12.6. The first kappa shape index (κ1) is 28.0. The minimum atomic E-state index is -0.324. The van der Waals surface area contributed by atoms with Crippen molar-refractivity contribution >= 4 is 40.7 Å². The standard InChI is InChI=1S/C15H16ClN5O3.C10H13N3O2/c1-20-15(23)11(8-12(16)19-20)18-13-3-2-10(9-17-13)14(22)21-4-6-24-7-5-21;11-9-2-1-8(7-12-9)10(14)13-3-5-15-6-4-13/h2-3,8-9H,4-7H2,1H3,(H,17,18);1-2,7H,3-6H2,(H2,11,12). The Kier molecular flexibility index (Phi) is 9.41. The minimum Gasteiger partial charge on any atom is -0.384 e. The van der Waals surface area contributed by atoms with Gasteiger partial charge in [0.2, 0.25) is 0 Å². The summed E-state index contributed by atoms with van der Waals surface area (Å²) in [5.74, 6) is 0.771. The molecular formula is C25H29ClN8O5. The number of carbonyl (C=O) groups excluding carboxylic acids is 2. The van der Waals surface area contributed by atoms with Crippen LogP contribution in [-0.4, -0.2) is 94.0 Å². The molecule has 3 aromatic heterocycles. The summed E-state index contributed by atoms with van der Waals surface area (Å²) in [5, 5.41) is 6.89. The summed E-state index contributed by atoms with van der Waals surface area (Å²) in [6.45, 7) is 4.74. The van der Waals surface area contributed by atoms with Crippen LogP contribution in [0.15, 0.2) is 47.5 Å². The van der Waals surface area contributed by atoms with Gasteiger partial charge in [0.1, 0.15) is 17.3 Å². The molecule has 2 aliphatic rings. The molecule has 2 saturated heterocycles. The van der Waals surface area contributed by atoms with Crippen molar-refractivity contribution in [2.45, 2.75) is 0 Å². The number of rotatable bonds is 4. The van der Waals surface area contributed by atoms with Crippen LogP contribution in [0.1, 0.15) is 20.7 Å². The average Bonchev–Trinajstić information content (AvgIpc) is 2.97. The number of hydrogen-bond donors (Lipinski definition) is 2. The third kappa shape index (κ3) is 7.50. The first-order chi connectivity index (χ1) is 18.8. The maximum Gasteiger partial charge on any atom is 0.290 e. The van der Waals surface area contributed by atoms with Crippen molar-refractivity contribution in [2.24, 2.45) is 7.05 Å². The van der Waals surface area contributed by atoms with E-state index < -0.39 is 0 Å². The number of pyridine rings is 2. The number of halogens is 1. The molecule has 2 aliphatic heterocycles. The maximum atomic E-state index is 12.3. The van der Waals surface area contributed by atoms with E-state index >= 15 is 0 Å². The number of nitrogens with one attached hydrogen (secondary N) is 1. The highest BCUT2D eigenvalue weighted by Crippen LogP contribution is 2.15. The van der Waals surface area contributed by atoms with Crippen LogP contribution in [-0.2, 0) is 16.5 Å². The molecule has 0 bridgehead atoms. The fourth-order valence-corrected chi connectivity index (χ4v) is 4.05. The number of amides is 2. The van der Waals surface area contributed by atoms with E-state index in [-0.39, 0.29) is 28.2 Å². The van der Waals surface area contributed by atoms with Gasteiger partial charge in [-0.25, -0.2) is 14.6 Å². The normalized spacial score (nSPS) is 15.2. The van der Waals surface area contributed by atoms with E-state index in [1.807, 2.05) is 0 Å². The molecule has 0 spiro atoms. The molecule has 5 rings (SSSR count). The highest BCUT2D eigenvalue weighted by Gasteiger charge is 2.19. The first-order valence-electron chi connectivity index (χ1n) is 12.2. The van der Waals surface area contributed by atoms with E-state index in [9.17, 15) is 14.4 Å². The number of carbonyl (C=O) groups is 2. The Hall–Kier alpha value is -4.07. The average molecular weight is 557 g/mol. The smallest absolute Gasteiger partial charge is 0.290 e. The summed E-state index contributed by atoms with van der Waals surface area (Å²) in [6, 6.07) is 8.06. The predicted octanol–water partition coefficient (Wildman–Crippen LogP) is 1.18. The molecule has 0 atom stereocenters. The topological polar surface area (TPSA) is 158 Å². The van der Waals surface area contributed by atoms with Crippen molar-refractivity contribution in [2.75, 3.05) is 63.7 Å². The molecule has 0 unspecified atom stereocenters. The van der Waals surface area contributed by atoms with Crippen molar-refractivity contribution in [3.8, 4) is 0 Å². The lowest BCUT2D eigenvalue weighted by atomic mass is 10.2. The number of nitrogen functional groups attached to an aromatic ring is 1. The number of morpholine rings is 2. The Bertz CT molecular complexity index is 1340. The molecule has 14 heteroatoms. The van der Waals surface area contributed by atoms with Crippen LogP contribution < -0.4 is 16.6 Å². The van der Waals surface area contributed by atoms with Crippen LogP contribution in [0.5, 0.6) is 0 Å². The van der Waals surface area contributed by atoms with E-state index in [0.29, 0.717) is 75.4 Å². The molecule has 3 N–H and O–H groups in total. The van der Waals surface area contributed by atoms with Crippen LogP contribution in [0, 0.1) is 0 Å². The van der Waals surface area contributed by atoms with Crippen LogP contribution in [0.25, 0.3) is 0 Å². The van der Waals surface area contributed by atoms with Gasteiger partial charge in [-0.15, -0.1) is 0 Å². The molecule has 39 heavy (non-hydrogen) atoms. The molecule has 13 nitrogen and oxygen atoms in total. The molecule has 0 saturated carbocycles. The molecule has 0 aromatic carbocycles. The number of hydrogen-bond acceptors (Lipinski definition) is 10. The van der Waals surface area contributed by atoms with Gasteiger partial charge in [-0.2, -0.15) is 5.10 Å². The van der Waals surface area contributed by atoms with E-state index in [1.54, 1.807) is 34.1 Å². The third-order valence-electron chi connectivity index (χ3n) is 5.94. The van der Waals surface area contributed by atoms with E-state index in [0.717, 1.165) is 4.68 Å². The second-order valence-corrected chi connectivity index (χ2v) is 9.03. The second-order valence-electron chi connectivity index (χ2n) is 8.65. The van der Waals surface area contributed by atoms with Gasteiger partial charge in [0.05, 0.1) is 37.6 Å². The van der Waals surface area contributed by atoms with Crippen LogP contribution in [0.4, 0.5) is 17.3 Å². The number of aromatic nitrogens is 4. The number of ether oxygens (including phenoxy) is 2. The van der Waals surface area contributed by atoms with Gasteiger partial charge in [0.15, 0.2) is 5.15 Å². The molecule has 2 fully saturated rings. The van der Waals surface area contributed by atoms with Gasteiger partial charge in [0.25, 0.3) is 17.4 Å². The van der Waals surface area contributed by atoms with E-state index in [2.05, 4.69) is 20.4 Å². The number of aryl methyl sites for hydroxylation is 1. The maximum absolute atomic E-state index is 12.3. The minimum absolute atomic E-state index is 0.00852. The lowest BCUT2D eigenvalue weighted by Crippen LogP contribution is -2.40. The fourth-order valence-electron chi connectivity index (χ4n) is 3.82. The quantitative estimate of drug-likeness (QED) is 0.478. The Morgan fingerprint density at radius 3 is 1.92 bits per heavy atom.